The Bertz CT molecular complexity index is 683. The number of nitrogens with one attached hydrogen (secondary N) is 1. The third kappa shape index (κ3) is 4.35. The highest BCUT2D eigenvalue weighted by Gasteiger charge is 2.13. The summed E-state index contributed by atoms with van der Waals surface area (Å²) in [5.74, 6) is -0.468. The molecule has 2 aromatic carbocycles. The number of sulfonamides is 1. The lowest BCUT2D eigenvalue weighted by Crippen LogP contribution is -2.23. The molecule has 3 N–H and O–H groups in total. The van der Waals surface area contributed by atoms with Gasteiger partial charge in [-0.05, 0) is 48.4 Å². The molecule has 0 fully saturated rings. The van der Waals surface area contributed by atoms with Crippen LogP contribution in [-0.2, 0) is 23.0 Å². The molecule has 0 amide bonds. The van der Waals surface area contributed by atoms with E-state index in [2.05, 4.69) is 4.72 Å². The van der Waals surface area contributed by atoms with Gasteiger partial charge < -0.3 is 5.73 Å². The van der Waals surface area contributed by atoms with Crippen molar-refractivity contribution in [3.05, 3.63) is 65.5 Å². The first-order valence-electron chi connectivity index (χ1n) is 6.54. The molecule has 0 spiro atoms. The van der Waals surface area contributed by atoms with Crippen molar-refractivity contribution in [2.24, 2.45) is 5.73 Å². The van der Waals surface area contributed by atoms with Gasteiger partial charge in [0.25, 0.3) is 0 Å². The molecular weight excluding hydrogens is 291 g/mol. The van der Waals surface area contributed by atoms with Crippen molar-refractivity contribution >= 4 is 10.0 Å². The van der Waals surface area contributed by atoms with Crippen LogP contribution in [0, 0.1) is 5.82 Å². The predicted octanol–water partition coefficient (Wildman–Crippen LogP) is 1.81. The molecule has 4 nitrogen and oxygen atoms in total. The average Bonchev–Trinajstić information content (AvgIpc) is 2.47. The van der Waals surface area contributed by atoms with Crippen LogP contribution in [0.3, 0.4) is 0 Å². The van der Waals surface area contributed by atoms with Gasteiger partial charge in [-0.2, -0.15) is 0 Å². The maximum absolute atomic E-state index is 12.8. The minimum atomic E-state index is -3.63. The van der Waals surface area contributed by atoms with Crippen molar-refractivity contribution in [1.82, 2.24) is 4.72 Å². The molecular formula is C15H17FN2O2S. The van der Waals surface area contributed by atoms with Crippen molar-refractivity contribution in [2.45, 2.75) is 17.9 Å². The summed E-state index contributed by atoms with van der Waals surface area (Å²) in [5.41, 5.74) is 7.43. The summed E-state index contributed by atoms with van der Waals surface area (Å²) in [6.45, 7) is 0.763. The SMILES string of the molecule is NCCc1ccc(CNS(=O)(=O)c2ccc(F)cc2)cc1. The molecule has 0 unspecified atom stereocenters. The van der Waals surface area contributed by atoms with Crippen molar-refractivity contribution in [3.8, 4) is 0 Å². The maximum atomic E-state index is 12.8. The fourth-order valence-electron chi connectivity index (χ4n) is 1.87. The molecule has 0 aliphatic heterocycles. The molecule has 0 saturated heterocycles. The van der Waals surface area contributed by atoms with Gasteiger partial charge in [0.05, 0.1) is 4.90 Å². The van der Waals surface area contributed by atoms with Crippen molar-refractivity contribution < 1.29 is 12.8 Å². The smallest absolute Gasteiger partial charge is 0.240 e. The second-order valence-corrected chi connectivity index (χ2v) is 6.40. The normalized spacial score (nSPS) is 11.5. The van der Waals surface area contributed by atoms with E-state index < -0.39 is 15.8 Å². The summed E-state index contributed by atoms with van der Waals surface area (Å²) in [7, 11) is -3.63. The Labute approximate surface area is 123 Å². The van der Waals surface area contributed by atoms with Gasteiger partial charge in [-0.1, -0.05) is 24.3 Å². The first kappa shape index (κ1) is 15.6. The van der Waals surface area contributed by atoms with Crippen molar-refractivity contribution in [1.29, 1.82) is 0 Å². The van der Waals surface area contributed by atoms with E-state index in [1.165, 1.54) is 12.1 Å². The van der Waals surface area contributed by atoms with Gasteiger partial charge in [0.1, 0.15) is 5.82 Å². The Morgan fingerprint density at radius 3 is 2.10 bits per heavy atom. The number of benzene rings is 2. The van der Waals surface area contributed by atoms with Gasteiger partial charge in [-0.15, -0.1) is 0 Å². The summed E-state index contributed by atoms with van der Waals surface area (Å²) in [5, 5.41) is 0. The molecule has 6 heteroatoms. The largest absolute Gasteiger partial charge is 0.330 e. The third-order valence-corrected chi connectivity index (χ3v) is 4.46. The molecule has 0 saturated carbocycles. The second kappa shape index (κ2) is 6.80. The van der Waals surface area contributed by atoms with Gasteiger partial charge in [0.2, 0.25) is 10.0 Å². The zero-order valence-electron chi connectivity index (χ0n) is 11.4. The van der Waals surface area contributed by atoms with E-state index in [0.717, 1.165) is 29.7 Å². The van der Waals surface area contributed by atoms with Crippen LogP contribution in [0.1, 0.15) is 11.1 Å². The van der Waals surface area contributed by atoms with Crippen molar-refractivity contribution in [3.63, 3.8) is 0 Å². The zero-order valence-corrected chi connectivity index (χ0v) is 12.2. The van der Waals surface area contributed by atoms with Crippen LogP contribution in [0.2, 0.25) is 0 Å². The van der Waals surface area contributed by atoms with Gasteiger partial charge in [0, 0.05) is 6.54 Å². The number of rotatable bonds is 6. The molecule has 0 heterocycles. The average molecular weight is 308 g/mol. The molecule has 2 rings (SSSR count). The first-order chi connectivity index (χ1) is 10.0. The number of nitrogens with two attached hydrogens (primary N) is 1. The topological polar surface area (TPSA) is 72.2 Å². The lowest BCUT2D eigenvalue weighted by atomic mass is 10.1. The van der Waals surface area contributed by atoms with E-state index in [1.54, 1.807) is 0 Å². The lowest BCUT2D eigenvalue weighted by molar-refractivity contribution is 0.580. The Morgan fingerprint density at radius 2 is 1.52 bits per heavy atom. The van der Waals surface area contributed by atoms with Crippen LogP contribution in [0.15, 0.2) is 53.4 Å². The first-order valence-corrected chi connectivity index (χ1v) is 8.03. The van der Waals surface area contributed by atoms with Crippen molar-refractivity contribution in [2.75, 3.05) is 6.54 Å². The van der Waals surface area contributed by atoms with E-state index in [9.17, 15) is 12.8 Å². The number of hydrogen-bond acceptors (Lipinski definition) is 3. The Balaban J connectivity index is 2.02. The summed E-state index contributed by atoms with van der Waals surface area (Å²) >= 11 is 0. The molecule has 112 valence electrons. The molecule has 21 heavy (non-hydrogen) atoms. The molecule has 0 radical (unpaired) electrons. The summed E-state index contributed by atoms with van der Waals surface area (Å²) < 4.78 is 39.4. The van der Waals surface area contributed by atoms with Crippen LogP contribution in [0.5, 0.6) is 0 Å². The van der Waals surface area contributed by atoms with Crippen LogP contribution >= 0.6 is 0 Å². The van der Waals surface area contributed by atoms with E-state index in [-0.39, 0.29) is 11.4 Å². The van der Waals surface area contributed by atoms with E-state index >= 15 is 0 Å². The number of hydrogen-bond donors (Lipinski definition) is 2. The van der Waals surface area contributed by atoms with Crippen LogP contribution in [0.25, 0.3) is 0 Å². The zero-order chi connectivity index (χ0) is 15.3. The van der Waals surface area contributed by atoms with Crippen LogP contribution in [0.4, 0.5) is 4.39 Å². The summed E-state index contributed by atoms with van der Waals surface area (Å²) in [6, 6.07) is 12.3. The van der Waals surface area contributed by atoms with Crippen LogP contribution < -0.4 is 10.5 Å². The Morgan fingerprint density at radius 1 is 0.952 bits per heavy atom. The monoisotopic (exact) mass is 308 g/mol. The van der Waals surface area contributed by atoms with Gasteiger partial charge >= 0.3 is 0 Å². The van der Waals surface area contributed by atoms with E-state index in [0.29, 0.717) is 6.54 Å². The van der Waals surface area contributed by atoms with E-state index in [4.69, 9.17) is 5.73 Å². The molecule has 0 aromatic heterocycles. The molecule has 2 aromatic rings. The fourth-order valence-corrected chi connectivity index (χ4v) is 2.88. The summed E-state index contributed by atoms with van der Waals surface area (Å²) in [4.78, 5) is 0.0450. The van der Waals surface area contributed by atoms with Gasteiger partial charge in [-0.3, -0.25) is 0 Å². The minimum Gasteiger partial charge on any atom is -0.330 e. The highest BCUT2D eigenvalue weighted by molar-refractivity contribution is 7.89. The summed E-state index contributed by atoms with van der Waals surface area (Å²) in [6.07, 6.45) is 0.793. The third-order valence-electron chi connectivity index (χ3n) is 3.05. The van der Waals surface area contributed by atoms with Crippen LogP contribution in [-0.4, -0.2) is 15.0 Å². The Hall–Kier alpha value is -1.76. The molecule has 0 bridgehead atoms. The highest BCUT2D eigenvalue weighted by Crippen LogP contribution is 2.11. The highest BCUT2D eigenvalue weighted by atomic mass is 32.2. The quantitative estimate of drug-likeness (QED) is 0.855. The predicted molar refractivity (Wildman–Crippen MR) is 79.6 cm³/mol. The second-order valence-electron chi connectivity index (χ2n) is 4.63. The molecule has 0 atom stereocenters. The lowest BCUT2D eigenvalue weighted by Gasteiger charge is -2.07. The molecule has 0 aliphatic carbocycles. The fraction of sp³-hybridized carbons (Fsp3) is 0.200. The van der Waals surface area contributed by atoms with E-state index in [1.807, 2.05) is 24.3 Å². The number of halogens is 1. The Kier molecular flexibility index (Phi) is 5.06. The standard InChI is InChI=1S/C15H17FN2O2S/c16-14-5-7-15(8-6-14)21(19,20)18-11-13-3-1-12(2-4-13)9-10-17/h1-8,18H,9-11,17H2. The minimum absolute atomic E-state index is 0.0450. The van der Waals surface area contributed by atoms with Gasteiger partial charge in [0.15, 0.2) is 0 Å². The van der Waals surface area contributed by atoms with Gasteiger partial charge in [-0.25, -0.2) is 17.5 Å². The maximum Gasteiger partial charge on any atom is 0.240 e. The molecule has 0 aliphatic rings.